The summed E-state index contributed by atoms with van der Waals surface area (Å²) < 4.78 is 0. The molecule has 2 heteroatoms. The summed E-state index contributed by atoms with van der Waals surface area (Å²) in [5.74, 6) is 1.52. The molecule has 0 aliphatic heterocycles. The average Bonchev–Trinajstić information content (AvgIpc) is 2.80. The van der Waals surface area contributed by atoms with Gasteiger partial charge in [0.25, 0.3) is 0 Å². The van der Waals surface area contributed by atoms with E-state index in [0.29, 0.717) is 12.4 Å². The number of Topliss-reactive ketones (excluding diaryl/α,β-unsaturated/α-hetero) is 1. The van der Waals surface area contributed by atoms with Crippen molar-refractivity contribution >= 4 is 5.78 Å². The Morgan fingerprint density at radius 3 is 1.06 bits per heavy atom. The lowest BCUT2D eigenvalue weighted by molar-refractivity contribution is -0.120. The second-order valence-corrected chi connectivity index (χ2v) is 11.1. The SMILES string of the molecule is CC(=O)[C@H](C)CCCCCCC[C@H](C)CCCCCCCCCCCCCCCCCCO. The molecule has 0 amide bonds. The van der Waals surface area contributed by atoms with Gasteiger partial charge in [-0.3, -0.25) is 4.79 Å². The Labute approximate surface area is 209 Å². The molecule has 0 aromatic rings. The third kappa shape index (κ3) is 26.1. The molecule has 0 saturated carbocycles. The molecule has 0 heterocycles. The molecule has 0 rings (SSSR count). The van der Waals surface area contributed by atoms with Crippen LogP contribution >= 0.6 is 0 Å². The number of unbranched alkanes of at least 4 members (excludes halogenated alkanes) is 19. The number of rotatable bonds is 27. The minimum Gasteiger partial charge on any atom is -0.396 e. The first-order valence-corrected chi connectivity index (χ1v) is 15.2. The monoisotopic (exact) mass is 466 g/mol. The number of carbonyl (C=O) groups is 1. The van der Waals surface area contributed by atoms with Crippen molar-refractivity contribution in [2.75, 3.05) is 6.61 Å². The minimum atomic E-state index is 0.268. The molecule has 0 radical (unpaired) electrons. The Morgan fingerprint density at radius 2 is 0.758 bits per heavy atom. The van der Waals surface area contributed by atoms with Crippen LogP contribution in [0.1, 0.15) is 175 Å². The maximum atomic E-state index is 11.2. The highest BCUT2D eigenvalue weighted by molar-refractivity contribution is 5.77. The Kier molecular flexibility index (Phi) is 25.9. The zero-order valence-electron chi connectivity index (χ0n) is 23.2. The van der Waals surface area contributed by atoms with Crippen molar-refractivity contribution in [3.05, 3.63) is 0 Å². The standard InChI is InChI=1S/C31H62O2/c1-29(26-22-18-16-19-23-27-30(2)31(3)33)25-21-17-14-12-10-8-6-4-5-7-9-11-13-15-20-24-28-32/h29-30,32H,4-28H2,1-3H3/t29-,30-/m1/s1. The molecule has 0 unspecified atom stereocenters. The fourth-order valence-electron chi connectivity index (χ4n) is 4.90. The summed E-state index contributed by atoms with van der Waals surface area (Å²) in [5.41, 5.74) is 0. The van der Waals surface area contributed by atoms with Gasteiger partial charge in [-0.25, -0.2) is 0 Å². The number of hydrogen-bond acceptors (Lipinski definition) is 2. The van der Waals surface area contributed by atoms with Crippen LogP contribution in [0.25, 0.3) is 0 Å². The van der Waals surface area contributed by atoms with Crippen molar-refractivity contribution in [3.63, 3.8) is 0 Å². The van der Waals surface area contributed by atoms with E-state index in [1.54, 1.807) is 6.92 Å². The smallest absolute Gasteiger partial charge is 0.132 e. The number of ketones is 1. The van der Waals surface area contributed by atoms with Gasteiger partial charge >= 0.3 is 0 Å². The largest absolute Gasteiger partial charge is 0.396 e. The van der Waals surface area contributed by atoms with Gasteiger partial charge in [-0.2, -0.15) is 0 Å². The van der Waals surface area contributed by atoms with E-state index in [4.69, 9.17) is 5.11 Å². The maximum absolute atomic E-state index is 11.2. The van der Waals surface area contributed by atoms with Crippen LogP contribution in [0.2, 0.25) is 0 Å². The number of aliphatic hydroxyl groups is 1. The van der Waals surface area contributed by atoms with Crippen LogP contribution < -0.4 is 0 Å². The fraction of sp³-hybridized carbons (Fsp3) is 0.968. The molecule has 0 fully saturated rings. The highest BCUT2D eigenvalue weighted by Crippen LogP contribution is 2.19. The summed E-state index contributed by atoms with van der Waals surface area (Å²) in [7, 11) is 0. The molecule has 33 heavy (non-hydrogen) atoms. The zero-order valence-corrected chi connectivity index (χ0v) is 23.2. The molecule has 0 spiro atoms. The quantitative estimate of drug-likeness (QED) is 0.122. The summed E-state index contributed by atoms with van der Waals surface area (Å²) in [4.78, 5) is 11.2. The molecular formula is C31H62O2. The van der Waals surface area contributed by atoms with Crippen LogP contribution in [-0.4, -0.2) is 17.5 Å². The van der Waals surface area contributed by atoms with Crippen LogP contribution in [0, 0.1) is 11.8 Å². The van der Waals surface area contributed by atoms with E-state index in [-0.39, 0.29) is 5.92 Å². The first kappa shape index (κ1) is 32.6. The van der Waals surface area contributed by atoms with Crippen molar-refractivity contribution < 1.29 is 9.90 Å². The van der Waals surface area contributed by atoms with E-state index < -0.39 is 0 Å². The minimum absolute atomic E-state index is 0.268. The Morgan fingerprint density at radius 1 is 0.485 bits per heavy atom. The third-order valence-electron chi connectivity index (χ3n) is 7.63. The lowest BCUT2D eigenvalue weighted by atomic mass is 9.95. The molecule has 0 bridgehead atoms. The van der Waals surface area contributed by atoms with Gasteiger partial charge in [0.15, 0.2) is 0 Å². The molecule has 0 aromatic heterocycles. The molecule has 0 aliphatic carbocycles. The zero-order chi connectivity index (χ0) is 24.4. The fourth-order valence-corrected chi connectivity index (χ4v) is 4.90. The molecule has 0 saturated heterocycles. The van der Waals surface area contributed by atoms with Crippen molar-refractivity contribution in [1.82, 2.24) is 0 Å². The van der Waals surface area contributed by atoms with Gasteiger partial charge in [0.05, 0.1) is 0 Å². The maximum Gasteiger partial charge on any atom is 0.132 e. The van der Waals surface area contributed by atoms with Crippen LogP contribution in [0.4, 0.5) is 0 Å². The van der Waals surface area contributed by atoms with Crippen molar-refractivity contribution in [3.8, 4) is 0 Å². The highest BCUT2D eigenvalue weighted by Gasteiger charge is 2.06. The van der Waals surface area contributed by atoms with Gasteiger partial charge in [-0.05, 0) is 25.7 Å². The van der Waals surface area contributed by atoms with E-state index in [0.717, 1.165) is 18.8 Å². The average molecular weight is 467 g/mol. The molecule has 0 aliphatic rings. The molecule has 0 aromatic carbocycles. The Hall–Kier alpha value is -0.370. The van der Waals surface area contributed by atoms with Gasteiger partial charge < -0.3 is 5.11 Å². The Bertz CT molecular complexity index is 392. The van der Waals surface area contributed by atoms with Crippen LogP contribution in [0.5, 0.6) is 0 Å². The first-order valence-electron chi connectivity index (χ1n) is 15.2. The van der Waals surface area contributed by atoms with Crippen molar-refractivity contribution in [2.24, 2.45) is 11.8 Å². The lowest BCUT2D eigenvalue weighted by Gasteiger charge is -2.11. The normalized spacial score (nSPS) is 13.3. The first-order chi connectivity index (χ1) is 16.1. The molecule has 1 N–H and O–H groups in total. The molecule has 2 nitrogen and oxygen atoms in total. The van der Waals surface area contributed by atoms with E-state index >= 15 is 0 Å². The van der Waals surface area contributed by atoms with Crippen molar-refractivity contribution in [1.29, 1.82) is 0 Å². The van der Waals surface area contributed by atoms with E-state index in [2.05, 4.69) is 13.8 Å². The molecular weight excluding hydrogens is 404 g/mol. The van der Waals surface area contributed by atoms with Gasteiger partial charge in [0.2, 0.25) is 0 Å². The van der Waals surface area contributed by atoms with Gasteiger partial charge in [-0.15, -0.1) is 0 Å². The topological polar surface area (TPSA) is 37.3 Å². The highest BCUT2D eigenvalue weighted by atomic mass is 16.2. The van der Waals surface area contributed by atoms with E-state index in [9.17, 15) is 4.79 Å². The third-order valence-corrected chi connectivity index (χ3v) is 7.63. The molecule has 2 atom stereocenters. The summed E-state index contributed by atoms with van der Waals surface area (Å²) in [6, 6.07) is 0. The predicted molar refractivity (Wildman–Crippen MR) is 147 cm³/mol. The molecule has 198 valence electrons. The number of carbonyl (C=O) groups excluding carboxylic acids is 1. The van der Waals surface area contributed by atoms with E-state index in [1.165, 1.54) is 141 Å². The van der Waals surface area contributed by atoms with Gasteiger partial charge in [-0.1, -0.05) is 155 Å². The summed E-state index contributed by atoms with van der Waals surface area (Å²) >= 11 is 0. The van der Waals surface area contributed by atoms with E-state index in [1.807, 2.05) is 0 Å². The van der Waals surface area contributed by atoms with Crippen molar-refractivity contribution in [2.45, 2.75) is 175 Å². The lowest BCUT2D eigenvalue weighted by Crippen LogP contribution is -2.05. The number of hydrogen-bond donors (Lipinski definition) is 1. The van der Waals surface area contributed by atoms with Crippen LogP contribution in [0.15, 0.2) is 0 Å². The Balaban J connectivity index is 3.18. The second kappa shape index (κ2) is 26.2. The second-order valence-electron chi connectivity index (χ2n) is 11.1. The van der Waals surface area contributed by atoms with Crippen LogP contribution in [0.3, 0.4) is 0 Å². The summed E-state index contributed by atoms with van der Waals surface area (Å²) in [6.07, 6.45) is 32.7. The summed E-state index contributed by atoms with van der Waals surface area (Å²) in [6.45, 7) is 6.61. The van der Waals surface area contributed by atoms with Crippen LogP contribution in [-0.2, 0) is 4.79 Å². The predicted octanol–water partition coefficient (Wildman–Crippen LogP) is 10.2. The summed E-state index contributed by atoms with van der Waals surface area (Å²) in [5, 5.41) is 8.77. The van der Waals surface area contributed by atoms with Gasteiger partial charge in [0, 0.05) is 12.5 Å². The van der Waals surface area contributed by atoms with Gasteiger partial charge in [0.1, 0.15) is 5.78 Å². The number of aliphatic hydroxyl groups excluding tert-OH is 1.